The molecule has 0 aliphatic carbocycles. The molecule has 0 aliphatic heterocycles. The van der Waals surface area contributed by atoms with Gasteiger partial charge in [-0.2, -0.15) is 4.99 Å². The number of nitrogens with zero attached hydrogens (tertiary/aromatic N) is 2. The topological polar surface area (TPSA) is 52.8 Å². The monoisotopic (exact) mass is 388 g/mol. The van der Waals surface area contributed by atoms with Crippen molar-refractivity contribution in [3.8, 4) is 5.75 Å². The Morgan fingerprint density at radius 3 is 2.92 bits per heavy atom. The molecule has 0 fully saturated rings. The van der Waals surface area contributed by atoms with Gasteiger partial charge in [-0.05, 0) is 36.6 Å². The molecule has 2 heterocycles. The lowest BCUT2D eigenvalue weighted by atomic mass is 10.3. The summed E-state index contributed by atoms with van der Waals surface area (Å²) in [6, 6.07) is 9.76. The number of para-hydroxylation sites is 1. The van der Waals surface area contributed by atoms with Gasteiger partial charge >= 0.3 is 0 Å². The number of thiophene rings is 1. The average Bonchev–Trinajstić information content (AvgIpc) is 3.28. The molecule has 0 saturated heterocycles. The third-order valence-corrected chi connectivity index (χ3v) is 5.57. The number of hydrogen-bond acceptors (Lipinski definition) is 5. The molecular weight excluding hydrogens is 368 g/mol. The zero-order chi connectivity index (χ0) is 18.4. The quantitative estimate of drug-likeness (QED) is 0.455. The second-order valence-electron chi connectivity index (χ2n) is 5.34. The summed E-state index contributed by atoms with van der Waals surface area (Å²) in [5.74, 6) is 0.479. The van der Waals surface area contributed by atoms with Crippen LogP contribution >= 0.6 is 22.7 Å². The van der Waals surface area contributed by atoms with E-state index in [4.69, 9.17) is 9.47 Å². The number of methoxy groups -OCH3 is 1. The van der Waals surface area contributed by atoms with Gasteiger partial charge in [-0.3, -0.25) is 4.79 Å². The summed E-state index contributed by atoms with van der Waals surface area (Å²) in [6.07, 6.45) is 3.29. The highest BCUT2D eigenvalue weighted by atomic mass is 32.1. The van der Waals surface area contributed by atoms with Crippen molar-refractivity contribution < 1.29 is 14.3 Å². The molecule has 1 aromatic carbocycles. The number of carbonyl (C=O) groups excluding carboxylic acids is 1. The van der Waals surface area contributed by atoms with Gasteiger partial charge in [0.1, 0.15) is 11.3 Å². The van der Waals surface area contributed by atoms with Crippen LogP contribution in [0.25, 0.3) is 16.3 Å². The van der Waals surface area contributed by atoms with Gasteiger partial charge in [-0.15, -0.1) is 11.3 Å². The molecule has 7 heteroatoms. The van der Waals surface area contributed by atoms with E-state index in [9.17, 15) is 4.79 Å². The zero-order valence-electron chi connectivity index (χ0n) is 14.7. The van der Waals surface area contributed by atoms with Crippen LogP contribution in [0.5, 0.6) is 5.75 Å². The summed E-state index contributed by atoms with van der Waals surface area (Å²) in [6.45, 7) is 3.76. The summed E-state index contributed by atoms with van der Waals surface area (Å²) in [5, 5.41) is 1.97. The maximum Gasteiger partial charge on any atom is 0.272 e. The Morgan fingerprint density at radius 2 is 2.19 bits per heavy atom. The van der Waals surface area contributed by atoms with Crippen LogP contribution in [-0.4, -0.2) is 30.8 Å². The predicted octanol–water partition coefficient (Wildman–Crippen LogP) is 3.95. The standard InChI is InChI=1S/C19H20N2O3S2/c1-3-24-12-11-21-18-15(23-2)7-4-8-16(18)26-19(21)20-17(22)10-9-14-6-5-13-25-14/h4-10,13H,3,11-12H2,1-2H3/b10-9+,20-19?. The fourth-order valence-corrected chi connectivity index (χ4v) is 4.22. The number of rotatable bonds is 7. The number of fused-ring (bicyclic) bond motifs is 1. The van der Waals surface area contributed by atoms with Crippen LogP contribution in [0.2, 0.25) is 0 Å². The summed E-state index contributed by atoms with van der Waals surface area (Å²) in [4.78, 5) is 18.3. The van der Waals surface area contributed by atoms with Crippen LogP contribution in [0.3, 0.4) is 0 Å². The molecule has 0 N–H and O–H groups in total. The van der Waals surface area contributed by atoms with Crippen LogP contribution in [0, 0.1) is 0 Å². The van der Waals surface area contributed by atoms with Crippen molar-refractivity contribution in [3.63, 3.8) is 0 Å². The number of amides is 1. The molecule has 0 unspecified atom stereocenters. The highest BCUT2D eigenvalue weighted by Crippen LogP contribution is 2.27. The van der Waals surface area contributed by atoms with Crippen LogP contribution in [-0.2, 0) is 16.1 Å². The Labute approximate surface area is 159 Å². The molecule has 1 amide bonds. The van der Waals surface area contributed by atoms with Crippen molar-refractivity contribution in [2.45, 2.75) is 13.5 Å². The zero-order valence-corrected chi connectivity index (χ0v) is 16.3. The molecule has 2 aromatic heterocycles. The summed E-state index contributed by atoms with van der Waals surface area (Å²) in [7, 11) is 1.64. The Morgan fingerprint density at radius 1 is 1.31 bits per heavy atom. The minimum atomic E-state index is -0.283. The van der Waals surface area contributed by atoms with Gasteiger partial charge in [-0.25, -0.2) is 0 Å². The van der Waals surface area contributed by atoms with E-state index in [2.05, 4.69) is 4.99 Å². The highest BCUT2D eigenvalue weighted by molar-refractivity contribution is 7.16. The maximum absolute atomic E-state index is 12.3. The first-order valence-corrected chi connectivity index (χ1v) is 9.97. The summed E-state index contributed by atoms with van der Waals surface area (Å²) in [5.41, 5.74) is 0.938. The van der Waals surface area contributed by atoms with Crippen LogP contribution < -0.4 is 9.54 Å². The third-order valence-electron chi connectivity index (χ3n) is 3.69. The molecule has 0 radical (unpaired) electrons. The number of hydrogen-bond donors (Lipinski definition) is 0. The molecule has 0 aliphatic rings. The Bertz CT molecular complexity index is 968. The van der Waals surface area contributed by atoms with Crippen LogP contribution in [0.4, 0.5) is 0 Å². The number of benzene rings is 1. The molecule has 5 nitrogen and oxygen atoms in total. The normalized spacial score (nSPS) is 12.3. The van der Waals surface area contributed by atoms with Crippen LogP contribution in [0.15, 0.2) is 46.8 Å². The lowest BCUT2D eigenvalue weighted by Gasteiger charge is -2.08. The smallest absolute Gasteiger partial charge is 0.272 e. The summed E-state index contributed by atoms with van der Waals surface area (Å²) >= 11 is 3.05. The molecular formula is C19H20N2O3S2. The molecule has 26 heavy (non-hydrogen) atoms. The molecule has 0 spiro atoms. The predicted molar refractivity (Wildman–Crippen MR) is 107 cm³/mol. The number of aromatic nitrogens is 1. The molecule has 136 valence electrons. The second-order valence-corrected chi connectivity index (χ2v) is 7.33. The van der Waals surface area contributed by atoms with E-state index in [1.807, 2.05) is 47.2 Å². The Hall–Kier alpha value is -2.22. The van der Waals surface area contributed by atoms with E-state index >= 15 is 0 Å². The Kier molecular flexibility index (Phi) is 6.38. The SMILES string of the molecule is CCOCCn1c(=NC(=O)/C=C/c2cccs2)sc2cccc(OC)c21. The number of thiazole rings is 1. The van der Waals surface area contributed by atoms with E-state index in [1.165, 1.54) is 17.4 Å². The highest BCUT2D eigenvalue weighted by Gasteiger charge is 2.11. The van der Waals surface area contributed by atoms with Crippen molar-refractivity contribution in [3.05, 3.63) is 51.5 Å². The van der Waals surface area contributed by atoms with Gasteiger partial charge in [-0.1, -0.05) is 23.5 Å². The average molecular weight is 389 g/mol. The van der Waals surface area contributed by atoms with Gasteiger partial charge in [0.15, 0.2) is 4.80 Å². The molecule has 0 saturated carbocycles. The minimum absolute atomic E-state index is 0.283. The Balaban J connectivity index is 2.00. The maximum atomic E-state index is 12.3. The molecule has 0 atom stereocenters. The van der Waals surface area contributed by atoms with E-state index in [1.54, 1.807) is 24.5 Å². The van der Waals surface area contributed by atoms with E-state index < -0.39 is 0 Å². The molecule has 0 bridgehead atoms. The van der Waals surface area contributed by atoms with Gasteiger partial charge < -0.3 is 14.0 Å². The fraction of sp³-hybridized carbons (Fsp3) is 0.263. The largest absolute Gasteiger partial charge is 0.495 e. The lowest BCUT2D eigenvalue weighted by molar-refractivity contribution is -0.113. The van der Waals surface area contributed by atoms with E-state index in [0.29, 0.717) is 24.6 Å². The first-order valence-electron chi connectivity index (χ1n) is 8.27. The van der Waals surface area contributed by atoms with Crippen molar-refractivity contribution in [1.29, 1.82) is 0 Å². The molecule has 3 rings (SSSR count). The van der Waals surface area contributed by atoms with Gasteiger partial charge in [0.25, 0.3) is 5.91 Å². The van der Waals surface area contributed by atoms with E-state index in [-0.39, 0.29) is 5.91 Å². The first kappa shape index (κ1) is 18.6. The van der Waals surface area contributed by atoms with Gasteiger partial charge in [0, 0.05) is 24.1 Å². The molecule has 3 aromatic rings. The van der Waals surface area contributed by atoms with Crippen LogP contribution in [0.1, 0.15) is 11.8 Å². The summed E-state index contributed by atoms with van der Waals surface area (Å²) < 4.78 is 14.0. The van der Waals surface area contributed by atoms with Gasteiger partial charge in [0.2, 0.25) is 0 Å². The van der Waals surface area contributed by atoms with Gasteiger partial charge in [0.05, 0.1) is 18.4 Å². The van der Waals surface area contributed by atoms with Crippen molar-refractivity contribution in [1.82, 2.24) is 4.57 Å². The third kappa shape index (κ3) is 4.30. The second kappa shape index (κ2) is 8.93. The van der Waals surface area contributed by atoms with Crippen molar-refractivity contribution in [2.24, 2.45) is 4.99 Å². The first-order chi connectivity index (χ1) is 12.7. The number of carbonyl (C=O) groups is 1. The van der Waals surface area contributed by atoms with Crippen molar-refractivity contribution >= 4 is 44.9 Å². The van der Waals surface area contributed by atoms with Crippen molar-refractivity contribution in [2.75, 3.05) is 20.3 Å². The minimum Gasteiger partial charge on any atom is -0.495 e. The fourth-order valence-electron chi connectivity index (χ4n) is 2.53. The lowest BCUT2D eigenvalue weighted by Crippen LogP contribution is -2.19. The van der Waals surface area contributed by atoms with E-state index in [0.717, 1.165) is 20.8 Å². The number of ether oxygens (including phenoxy) is 2.